The Labute approximate surface area is 159 Å². The molecule has 0 aliphatic carbocycles. The molecule has 3 aliphatic heterocycles. The maximum atomic E-state index is 5.22. The van der Waals surface area contributed by atoms with E-state index in [1.54, 1.807) is 0 Å². The Kier molecular flexibility index (Phi) is 4.13. The van der Waals surface area contributed by atoms with Crippen LogP contribution in [0.4, 0.5) is 5.69 Å². The number of pyridine rings is 1. The number of aromatic nitrogens is 3. The zero-order valence-electron chi connectivity index (χ0n) is 15.9. The minimum Gasteiger partial charge on any atom is -0.384 e. The molecule has 3 aliphatic rings. The molecule has 5 heterocycles. The normalized spacial score (nSPS) is 20.1. The van der Waals surface area contributed by atoms with E-state index in [2.05, 4.69) is 52.7 Å². The molecule has 2 aromatic heterocycles. The van der Waals surface area contributed by atoms with E-state index >= 15 is 0 Å². The summed E-state index contributed by atoms with van der Waals surface area (Å²) in [4.78, 5) is 7.01. The van der Waals surface area contributed by atoms with Crippen molar-refractivity contribution in [2.45, 2.75) is 38.9 Å². The smallest absolute Gasteiger partial charge is 0.153 e. The van der Waals surface area contributed by atoms with Crippen LogP contribution in [0.1, 0.15) is 31.5 Å². The van der Waals surface area contributed by atoms with Gasteiger partial charge in [-0.2, -0.15) is 5.10 Å². The summed E-state index contributed by atoms with van der Waals surface area (Å²) in [5.74, 6) is 0.862. The first-order valence-corrected chi connectivity index (χ1v) is 9.79. The van der Waals surface area contributed by atoms with Gasteiger partial charge in [0.2, 0.25) is 0 Å². The third-order valence-corrected chi connectivity index (χ3v) is 5.77. The molecule has 142 valence electrons. The van der Waals surface area contributed by atoms with Gasteiger partial charge in [0.25, 0.3) is 0 Å². The van der Waals surface area contributed by atoms with E-state index in [1.165, 1.54) is 22.5 Å². The van der Waals surface area contributed by atoms with Gasteiger partial charge < -0.3 is 20.3 Å². The molecule has 0 unspecified atom stereocenters. The predicted molar refractivity (Wildman–Crippen MR) is 105 cm³/mol. The van der Waals surface area contributed by atoms with Crippen LogP contribution in [-0.2, 0) is 11.3 Å². The van der Waals surface area contributed by atoms with Crippen molar-refractivity contribution in [1.82, 2.24) is 25.4 Å². The van der Waals surface area contributed by atoms with Gasteiger partial charge >= 0.3 is 0 Å². The second-order valence-corrected chi connectivity index (χ2v) is 7.64. The number of rotatable bonds is 5. The van der Waals surface area contributed by atoms with Crippen LogP contribution in [0.3, 0.4) is 0 Å². The summed E-state index contributed by atoms with van der Waals surface area (Å²) >= 11 is 0. The Bertz CT molecular complexity index is 861. The highest BCUT2D eigenvalue weighted by Gasteiger charge is 2.31. The van der Waals surface area contributed by atoms with Crippen molar-refractivity contribution in [2.75, 3.05) is 31.2 Å². The standard InChI is InChI=1S/C20H26N6O/c1-3-18-13(2)20-14(6-21-18)8-26(24-20)19-5-4-17(7-22-19)25-9-15(10-25)23-16-11-27-12-16/h4-5,7-8,15-16,21,23H,3,6,9-12H2,1-2H3. The van der Waals surface area contributed by atoms with Crippen molar-refractivity contribution in [2.24, 2.45) is 0 Å². The Morgan fingerprint density at radius 1 is 1.26 bits per heavy atom. The lowest BCUT2D eigenvalue weighted by Crippen LogP contribution is -2.63. The molecule has 27 heavy (non-hydrogen) atoms. The SMILES string of the molecule is CCC1=C(C)c2nn(-c3ccc(N4CC(NC5COC5)C4)cn3)cc2CN1. The Hall–Kier alpha value is -2.38. The van der Waals surface area contributed by atoms with Gasteiger partial charge in [0.1, 0.15) is 0 Å². The molecule has 0 spiro atoms. The lowest BCUT2D eigenvalue weighted by Gasteiger charge is -2.44. The maximum absolute atomic E-state index is 5.22. The van der Waals surface area contributed by atoms with Crippen molar-refractivity contribution in [3.8, 4) is 5.82 Å². The quantitative estimate of drug-likeness (QED) is 0.839. The van der Waals surface area contributed by atoms with E-state index in [1.807, 2.05) is 10.9 Å². The minimum absolute atomic E-state index is 0.545. The fourth-order valence-corrected chi connectivity index (χ4v) is 4.00. The minimum atomic E-state index is 0.545. The summed E-state index contributed by atoms with van der Waals surface area (Å²) in [5.41, 5.74) is 6.01. The summed E-state index contributed by atoms with van der Waals surface area (Å²) in [6.07, 6.45) is 5.05. The lowest BCUT2D eigenvalue weighted by molar-refractivity contribution is -0.0114. The third kappa shape index (κ3) is 3.00. The van der Waals surface area contributed by atoms with Gasteiger partial charge in [0, 0.05) is 43.1 Å². The van der Waals surface area contributed by atoms with Crippen LogP contribution in [0.25, 0.3) is 11.4 Å². The summed E-state index contributed by atoms with van der Waals surface area (Å²) in [7, 11) is 0. The Morgan fingerprint density at radius 2 is 2.11 bits per heavy atom. The predicted octanol–water partition coefficient (Wildman–Crippen LogP) is 1.69. The number of fused-ring (bicyclic) bond motifs is 1. The van der Waals surface area contributed by atoms with Crippen molar-refractivity contribution in [1.29, 1.82) is 0 Å². The van der Waals surface area contributed by atoms with Crippen LogP contribution in [0, 0.1) is 0 Å². The molecular weight excluding hydrogens is 340 g/mol. The molecule has 0 saturated carbocycles. The first kappa shape index (κ1) is 16.8. The van der Waals surface area contributed by atoms with Gasteiger partial charge in [-0.3, -0.25) is 0 Å². The van der Waals surface area contributed by atoms with Crippen LogP contribution in [-0.4, -0.2) is 53.2 Å². The maximum Gasteiger partial charge on any atom is 0.153 e. The van der Waals surface area contributed by atoms with Gasteiger partial charge in [-0.25, -0.2) is 9.67 Å². The van der Waals surface area contributed by atoms with E-state index < -0.39 is 0 Å². The van der Waals surface area contributed by atoms with Crippen molar-refractivity contribution in [3.63, 3.8) is 0 Å². The van der Waals surface area contributed by atoms with Gasteiger partial charge in [-0.1, -0.05) is 6.92 Å². The summed E-state index contributed by atoms with van der Waals surface area (Å²) in [5, 5.41) is 11.9. The van der Waals surface area contributed by atoms with E-state index in [0.29, 0.717) is 12.1 Å². The number of hydrogen-bond donors (Lipinski definition) is 2. The molecule has 2 aromatic rings. The largest absolute Gasteiger partial charge is 0.384 e. The average Bonchev–Trinajstić information content (AvgIpc) is 3.05. The van der Waals surface area contributed by atoms with E-state index in [4.69, 9.17) is 9.84 Å². The van der Waals surface area contributed by atoms with Crippen molar-refractivity contribution in [3.05, 3.63) is 41.5 Å². The van der Waals surface area contributed by atoms with E-state index in [0.717, 1.165) is 50.8 Å². The number of ether oxygens (including phenoxy) is 1. The number of allylic oxidation sites excluding steroid dienone is 2. The van der Waals surface area contributed by atoms with Crippen LogP contribution >= 0.6 is 0 Å². The molecule has 0 radical (unpaired) electrons. The monoisotopic (exact) mass is 366 g/mol. The third-order valence-electron chi connectivity index (χ3n) is 5.77. The molecule has 7 heteroatoms. The second-order valence-electron chi connectivity index (χ2n) is 7.64. The molecule has 7 nitrogen and oxygen atoms in total. The summed E-state index contributed by atoms with van der Waals surface area (Å²) < 4.78 is 7.12. The topological polar surface area (TPSA) is 67.2 Å². The fraction of sp³-hybridized carbons (Fsp3) is 0.500. The average molecular weight is 366 g/mol. The first-order valence-electron chi connectivity index (χ1n) is 9.79. The molecule has 2 N–H and O–H groups in total. The highest BCUT2D eigenvalue weighted by Crippen LogP contribution is 2.27. The van der Waals surface area contributed by atoms with Crippen LogP contribution in [0.5, 0.6) is 0 Å². The van der Waals surface area contributed by atoms with Gasteiger partial charge in [0.05, 0.1) is 36.8 Å². The zero-order chi connectivity index (χ0) is 18.4. The number of nitrogens with zero attached hydrogens (tertiary/aromatic N) is 4. The van der Waals surface area contributed by atoms with E-state index in [-0.39, 0.29) is 0 Å². The van der Waals surface area contributed by atoms with Crippen molar-refractivity contribution >= 4 is 11.3 Å². The highest BCUT2D eigenvalue weighted by molar-refractivity contribution is 5.68. The summed E-state index contributed by atoms with van der Waals surface area (Å²) in [6, 6.07) is 5.31. The highest BCUT2D eigenvalue weighted by atomic mass is 16.5. The molecular formula is C20H26N6O. The molecule has 0 atom stereocenters. The van der Waals surface area contributed by atoms with Gasteiger partial charge in [-0.05, 0) is 31.1 Å². The van der Waals surface area contributed by atoms with Crippen molar-refractivity contribution < 1.29 is 4.74 Å². The zero-order valence-corrected chi connectivity index (χ0v) is 15.9. The van der Waals surface area contributed by atoms with Crippen LogP contribution < -0.4 is 15.5 Å². The van der Waals surface area contributed by atoms with E-state index in [9.17, 15) is 0 Å². The molecule has 0 aromatic carbocycles. The number of nitrogens with one attached hydrogen (secondary N) is 2. The molecule has 2 fully saturated rings. The Morgan fingerprint density at radius 3 is 2.78 bits per heavy atom. The second kappa shape index (κ2) is 6.65. The van der Waals surface area contributed by atoms with Gasteiger partial charge in [0.15, 0.2) is 5.82 Å². The molecule has 0 bridgehead atoms. The molecule has 5 rings (SSSR count). The Balaban J connectivity index is 1.27. The van der Waals surface area contributed by atoms with Gasteiger partial charge in [-0.15, -0.1) is 0 Å². The lowest BCUT2D eigenvalue weighted by atomic mass is 10.0. The van der Waals surface area contributed by atoms with Crippen LogP contribution in [0.15, 0.2) is 30.2 Å². The number of anilines is 1. The molecule has 0 amide bonds. The van der Waals surface area contributed by atoms with Crippen LogP contribution in [0.2, 0.25) is 0 Å². The fourth-order valence-electron chi connectivity index (χ4n) is 4.00. The summed E-state index contributed by atoms with van der Waals surface area (Å²) in [6.45, 7) is 8.91. The molecule has 2 saturated heterocycles. The number of hydrogen-bond acceptors (Lipinski definition) is 6. The first-order chi connectivity index (χ1) is 13.2.